The molecule has 130 valence electrons. The van der Waals surface area contributed by atoms with Gasteiger partial charge in [0.05, 0.1) is 24.8 Å². The summed E-state index contributed by atoms with van der Waals surface area (Å²) >= 11 is 0. The maximum absolute atomic E-state index is 13.7. The average Bonchev–Trinajstić information content (AvgIpc) is 2.65. The summed E-state index contributed by atoms with van der Waals surface area (Å²) in [7, 11) is 1.23. The molecule has 0 fully saturated rings. The molecule has 1 heterocycles. The molecule has 0 saturated heterocycles. The van der Waals surface area contributed by atoms with Crippen molar-refractivity contribution in [3.05, 3.63) is 64.5 Å². The molecule has 1 aliphatic heterocycles. The lowest BCUT2D eigenvalue weighted by atomic mass is 10.1. The van der Waals surface area contributed by atoms with Crippen LogP contribution in [0.15, 0.2) is 36.4 Å². The molecule has 25 heavy (non-hydrogen) atoms. The lowest BCUT2D eigenvalue weighted by molar-refractivity contribution is -0.0183. The van der Waals surface area contributed by atoms with Crippen molar-refractivity contribution in [2.24, 2.45) is 0 Å². The first-order valence-electron chi connectivity index (χ1n) is 7.46. The smallest absolute Gasteiger partial charge is 0.339 e. The number of rotatable bonds is 4. The molecule has 0 aromatic heterocycles. The summed E-state index contributed by atoms with van der Waals surface area (Å²) in [6, 6.07) is 8.69. The van der Waals surface area contributed by atoms with Crippen molar-refractivity contribution in [3.8, 4) is 5.75 Å². The van der Waals surface area contributed by atoms with Gasteiger partial charge >= 0.3 is 11.9 Å². The van der Waals surface area contributed by atoms with Crippen LogP contribution in [0.4, 0.5) is 4.39 Å². The second-order valence-electron chi connectivity index (χ2n) is 5.28. The zero-order valence-corrected chi connectivity index (χ0v) is 13.4. The highest BCUT2D eigenvalue weighted by atomic mass is 19.1. The lowest BCUT2D eigenvalue weighted by Crippen LogP contribution is -2.16. The Kier molecular flexibility index (Phi) is 4.95. The van der Waals surface area contributed by atoms with Crippen LogP contribution in [0.3, 0.4) is 0 Å². The van der Waals surface area contributed by atoms with Gasteiger partial charge in [-0.25, -0.2) is 14.0 Å². The largest absolute Gasteiger partial charge is 0.467 e. The van der Waals surface area contributed by atoms with Crippen LogP contribution in [0.1, 0.15) is 31.8 Å². The minimum atomic E-state index is -0.717. The number of hydrogen-bond acceptors (Lipinski definition) is 6. The molecule has 0 unspecified atom stereocenters. The highest BCUT2D eigenvalue weighted by Crippen LogP contribution is 2.30. The van der Waals surface area contributed by atoms with E-state index in [0.29, 0.717) is 16.9 Å². The van der Waals surface area contributed by atoms with Crippen molar-refractivity contribution in [1.82, 2.24) is 0 Å². The van der Waals surface area contributed by atoms with Gasteiger partial charge in [0.1, 0.15) is 18.2 Å². The monoisotopic (exact) mass is 346 g/mol. The highest BCUT2D eigenvalue weighted by Gasteiger charge is 2.21. The fourth-order valence-electron chi connectivity index (χ4n) is 2.53. The van der Waals surface area contributed by atoms with E-state index < -0.39 is 17.8 Å². The van der Waals surface area contributed by atoms with Gasteiger partial charge in [0.25, 0.3) is 0 Å². The van der Waals surface area contributed by atoms with Crippen molar-refractivity contribution in [1.29, 1.82) is 0 Å². The summed E-state index contributed by atoms with van der Waals surface area (Å²) in [6.45, 7) is 0.0679. The predicted molar refractivity (Wildman–Crippen MR) is 83.6 cm³/mol. The molecule has 0 saturated carbocycles. The van der Waals surface area contributed by atoms with E-state index in [-0.39, 0.29) is 31.1 Å². The Bertz CT molecular complexity index is 817. The van der Waals surface area contributed by atoms with Gasteiger partial charge in [-0.2, -0.15) is 0 Å². The Balaban J connectivity index is 1.80. The van der Waals surface area contributed by atoms with Crippen molar-refractivity contribution < 1.29 is 32.9 Å². The van der Waals surface area contributed by atoms with Crippen molar-refractivity contribution in [2.45, 2.75) is 13.2 Å². The minimum Gasteiger partial charge on any atom is -0.467 e. The van der Waals surface area contributed by atoms with Crippen LogP contribution in [0, 0.1) is 5.82 Å². The molecular formula is C18H15FO6. The molecule has 0 amide bonds. The number of carbonyl (C=O) groups is 2. The number of esters is 2. The van der Waals surface area contributed by atoms with Gasteiger partial charge in [0.2, 0.25) is 0 Å². The van der Waals surface area contributed by atoms with Crippen LogP contribution in [-0.4, -0.2) is 25.8 Å². The van der Waals surface area contributed by atoms with E-state index in [2.05, 4.69) is 4.74 Å². The first kappa shape index (κ1) is 16.9. The molecule has 6 nitrogen and oxygen atoms in total. The third kappa shape index (κ3) is 3.61. The van der Waals surface area contributed by atoms with Crippen molar-refractivity contribution in [3.63, 3.8) is 0 Å². The van der Waals surface area contributed by atoms with E-state index in [1.54, 1.807) is 12.1 Å². The summed E-state index contributed by atoms with van der Waals surface area (Å²) in [5.74, 6) is -1.39. The first-order valence-corrected chi connectivity index (χ1v) is 7.46. The number of benzene rings is 2. The van der Waals surface area contributed by atoms with E-state index in [1.807, 2.05) is 0 Å². The zero-order valence-electron chi connectivity index (χ0n) is 13.4. The Morgan fingerprint density at radius 3 is 2.60 bits per heavy atom. The Labute approximate surface area is 143 Å². The molecule has 3 rings (SSSR count). The molecule has 2 aromatic rings. The van der Waals surface area contributed by atoms with Crippen LogP contribution in [0.25, 0.3) is 0 Å². The normalized spacial score (nSPS) is 12.7. The molecule has 7 heteroatoms. The zero-order chi connectivity index (χ0) is 17.8. The summed E-state index contributed by atoms with van der Waals surface area (Å²) in [5, 5.41) is 0. The second kappa shape index (κ2) is 7.31. The van der Waals surface area contributed by atoms with Crippen LogP contribution < -0.4 is 4.74 Å². The summed E-state index contributed by atoms with van der Waals surface area (Å²) in [6.07, 6.45) is 0. The number of fused-ring (bicyclic) bond motifs is 1. The van der Waals surface area contributed by atoms with Gasteiger partial charge in [0.15, 0.2) is 6.79 Å². The standard InChI is InChI=1S/C18H15FO6/c1-22-17(20)14-4-2-3-5-15(14)18(21)24-9-12-7-13(19)6-11-8-23-10-25-16(11)12/h2-7H,8-10H2,1H3. The van der Waals surface area contributed by atoms with Crippen LogP contribution in [0.2, 0.25) is 0 Å². The fourth-order valence-corrected chi connectivity index (χ4v) is 2.53. The van der Waals surface area contributed by atoms with Crippen molar-refractivity contribution >= 4 is 11.9 Å². The number of ether oxygens (including phenoxy) is 4. The van der Waals surface area contributed by atoms with Gasteiger partial charge in [0, 0.05) is 11.1 Å². The summed E-state index contributed by atoms with van der Waals surface area (Å²) in [4.78, 5) is 24.1. The Morgan fingerprint density at radius 2 is 1.88 bits per heavy atom. The summed E-state index contributed by atoms with van der Waals surface area (Å²) < 4.78 is 34.1. The van der Waals surface area contributed by atoms with Gasteiger partial charge in [-0.15, -0.1) is 0 Å². The van der Waals surface area contributed by atoms with Crippen LogP contribution in [-0.2, 0) is 27.4 Å². The maximum atomic E-state index is 13.7. The molecule has 1 aliphatic rings. The van der Waals surface area contributed by atoms with Gasteiger partial charge in [-0.05, 0) is 24.3 Å². The lowest BCUT2D eigenvalue weighted by Gasteiger charge is -2.20. The Morgan fingerprint density at radius 1 is 1.16 bits per heavy atom. The van der Waals surface area contributed by atoms with E-state index in [0.717, 1.165) is 0 Å². The maximum Gasteiger partial charge on any atom is 0.339 e. The van der Waals surface area contributed by atoms with Gasteiger partial charge in [-0.1, -0.05) is 12.1 Å². The highest BCUT2D eigenvalue weighted by molar-refractivity contribution is 6.03. The van der Waals surface area contributed by atoms with E-state index in [4.69, 9.17) is 14.2 Å². The number of hydrogen-bond donors (Lipinski definition) is 0. The molecule has 2 aromatic carbocycles. The number of methoxy groups -OCH3 is 1. The molecular weight excluding hydrogens is 331 g/mol. The van der Waals surface area contributed by atoms with E-state index in [9.17, 15) is 14.0 Å². The molecule has 0 N–H and O–H groups in total. The van der Waals surface area contributed by atoms with Gasteiger partial charge < -0.3 is 18.9 Å². The average molecular weight is 346 g/mol. The van der Waals surface area contributed by atoms with Crippen LogP contribution in [0.5, 0.6) is 5.75 Å². The molecule has 0 spiro atoms. The molecule has 0 aliphatic carbocycles. The fraction of sp³-hybridized carbons (Fsp3) is 0.222. The first-order chi connectivity index (χ1) is 12.1. The Hall–Kier alpha value is -2.93. The molecule has 0 bridgehead atoms. The van der Waals surface area contributed by atoms with Crippen molar-refractivity contribution in [2.75, 3.05) is 13.9 Å². The quantitative estimate of drug-likeness (QED) is 0.793. The predicted octanol–water partition coefficient (Wildman–Crippen LogP) is 2.84. The topological polar surface area (TPSA) is 71.1 Å². The molecule has 0 atom stereocenters. The summed E-state index contributed by atoms with van der Waals surface area (Å²) in [5.41, 5.74) is 1.11. The van der Waals surface area contributed by atoms with E-state index in [1.165, 1.54) is 31.4 Å². The van der Waals surface area contributed by atoms with E-state index >= 15 is 0 Å². The number of halogens is 1. The molecule has 0 radical (unpaired) electrons. The minimum absolute atomic E-state index is 0.0464. The third-order valence-corrected chi connectivity index (χ3v) is 3.66. The second-order valence-corrected chi connectivity index (χ2v) is 5.28. The van der Waals surface area contributed by atoms with Crippen LogP contribution >= 0.6 is 0 Å². The number of carbonyl (C=O) groups excluding carboxylic acids is 2. The third-order valence-electron chi connectivity index (χ3n) is 3.66. The SMILES string of the molecule is COC(=O)c1ccccc1C(=O)OCc1cc(F)cc2c1OCOC2. The van der Waals surface area contributed by atoms with Gasteiger partial charge in [-0.3, -0.25) is 0 Å².